The van der Waals surface area contributed by atoms with Gasteiger partial charge in [0.1, 0.15) is 11.3 Å². The van der Waals surface area contributed by atoms with Crippen molar-refractivity contribution in [1.29, 1.82) is 0 Å². The highest BCUT2D eigenvalue weighted by Gasteiger charge is 2.21. The molecule has 0 bridgehead atoms. The number of nitrogens with zero attached hydrogens (tertiary/aromatic N) is 8. The molecule has 11 heteroatoms. The normalized spacial score (nSPS) is 14.4. The first-order valence-corrected chi connectivity index (χ1v) is 10.1. The largest absolute Gasteiger partial charge is 0.465 e. The Morgan fingerprint density at radius 3 is 2.48 bits per heavy atom. The van der Waals surface area contributed by atoms with Gasteiger partial charge in [-0.05, 0) is 12.1 Å². The molecule has 10 nitrogen and oxygen atoms in total. The molecule has 4 aromatic rings. The van der Waals surface area contributed by atoms with Crippen LogP contribution >= 0.6 is 11.6 Å². The van der Waals surface area contributed by atoms with E-state index in [1.54, 1.807) is 27.8 Å². The van der Waals surface area contributed by atoms with Crippen LogP contribution in [0, 0.1) is 0 Å². The lowest BCUT2D eigenvalue weighted by molar-refractivity contribution is 0.142. The Hall–Kier alpha value is -3.66. The average Bonchev–Trinajstić information content (AvgIpc) is 3.39. The van der Waals surface area contributed by atoms with Crippen LogP contribution in [0.3, 0.4) is 0 Å². The average molecular weight is 439 g/mol. The van der Waals surface area contributed by atoms with Gasteiger partial charge in [0.25, 0.3) is 0 Å². The van der Waals surface area contributed by atoms with E-state index in [2.05, 4.69) is 20.1 Å². The Morgan fingerprint density at radius 1 is 1.03 bits per heavy atom. The van der Waals surface area contributed by atoms with Gasteiger partial charge in [0, 0.05) is 56.7 Å². The lowest BCUT2D eigenvalue weighted by Gasteiger charge is -2.33. The number of carboxylic acid groups (broad SMARTS) is 1. The van der Waals surface area contributed by atoms with Crippen molar-refractivity contribution in [3.05, 3.63) is 48.1 Å². The zero-order valence-electron chi connectivity index (χ0n) is 16.7. The van der Waals surface area contributed by atoms with Crippen molar-refractivity contribution in [1.82, 2.24) is 34.3 Å². The monoisotopic (exact) mass is 438 g/mol. The van der Waals surface area contributed by atoms with Crippen LogP contribution in [0.4, 0.5) is 10.6 Å². The van der Waals surface area contributed by atoms with Crippen LogP contribution in [0.2, 0.25) is 5.02 Å². The highest BCUT2D eigenvalue weighted by atomic mass is 35.5. The first-order valence-electron chi connectivity index (χ1n) is 9.72. The van der Waals surface area contributed by atoms with Crippen molar-refractivity contribution in [2.75, 3.05) is 31.1 Å². The van der Waals surface area contributed by atoms with Crippen LogP contribution in [0.1, 0.15) is 0 Å². The van der Waals surface area contributed by atoms with E-state index < -0.39 is 6.09 Å². The molecule has 0 unspecified atom stereocenters. The molecular weight excluding hydrogens is 420 g/mol. The van der Waals surface area contributed by atoms with E-state index in [0.29, 0.717) is 42.4 Å². The van der Waals surface area contributed by atoms with Crippen LogP contribution in [-0.2, 0) is 7.05 Å². The molecule has 4 aromatic heterocycles. The van der Waals surface area contributed by atoms with Crippen LogP contribution in [0.15, 0.2) is 43.1 Å². The lowest BCUT2D eigenvalue weighted by atomic mass is 10.1. The van der Waals surface area contributed by atoms with Gasteiger partial charge in [0.2, 0.25) is 0 Å². The van der Waals surface area contributed by atoms with Crippen molar-refractivity contribution in [3.8, 4) is 22.5 Å². The fourth-order valence-corrected chi connectivity index (χ4v) is 3.93. The molecule has 1 aliphatic heterocycles. The number of rotatable bonds is 3. The number of piperazine rings is 1. The molecule has 1 amide bonds. The third-order valence-corrected chi connectivity index (χ3v) is 5.62. The van der Waals surface area contributed by atoms with E-state index in [-0.39, 0.29) is 0 Å². The zero-order chi connectivity index (χ0) is 21.5. The van der Waals surface area contributed by atoms with Crippen molar-refractivity contribution >= 4 is 29.0 Å². The highest BCUT2D eigenvalue weighted by Crippen LogP contribution is 2.31. The molecule has 5 rings (SSSR count). The lowest BCUT2D eigenvalue weighted by Crippen LogP contribution is -2.48. The van der Waals surface area contributed by atoms with Gasteiger partial charge in [0.05, 0.1) is 35.0 Å². The molecular formula is C20H19ClN8O2. The molecule has 0 spiro atoms. The number of pyridine rings is 1. The maximum Gasteiger partial charge on any atom is 0.407 e. The second-order valence-electron chi connectivity index (χ2n) is 7.32. The van der Waals surface area contributed by atoms with Crippen LogP contribution in [0.5, 0.6) is 0 Å². The maximum atomic E-state index is 11.1. The summed E-state index contributed by atoms with van der Waals surface area (Å²) in [6.45, 7) is 2.12. The number of anilines is 1. The summed E-state index contributed by atoms with van der Waals surface area (Å²) in [4.78, 5) is 24.0. The molecule has 0 aromatic carbocycles. The number of hydrogen-bond donors (Lipinski definition) is 1. The summed E-state index contributed by atoms with van der Waals surface area (Å²) >= 11 is 6.40. The minimum Gasteiger partial charge on any atom is -0.465 e. The van der Waals surface area contributed by atoms with Gasteiger partial charge in [-0.2, -0.15) is 10.2 Å². The summed E-state index contributed by atoms with van der Waals surface area (Å²) in [5.41, 5.74) is 3.80. The van der Waals surface area contributed by atoms with Crippen molar-refractivity contribution in [3.63, 3.8) is 0 Å². The number of halogens is 1. The minimum absolute atomic E-state index is 0.458. The Kier molecular flexibility index (Phi) is 4.70. The van der Waals surface area contributed by atoms with E-state index in [9.17, 15) is 4.79 Å². The molecule has 1 fully saturated rings. The summed E-state index contributed by atoms with van der Waals surface area (Å²) in [7, 11) is 1.85. The molecule has 31 heavy (non-hydrogen) atoms. The van der Waals surface area contributed by atoms with Crippen molar-refractivity contribution < 1.29 is 9.90 Å². The fourth-order valence-electron chi connectivity index (χ4n) is 3.71. The van der Waals surface area contributed by atoms with Gasteiger partial charge in [-0.15, -0.1) is 0 Å². The Balaban J connectivity index is 1.49. The van der Waals surface area contributed by atoms with E-state index in [4.69, 9.17) is 21.7 Å². The summed E-state index contributed by atoms with van der Waals surface area (Å²) < 4.78 is 3.43. The third-order valence-electron chi connectivity index (χ3n) is 5.35. The molecule has 1 aliphatic rings. The van der Waals surface area contributed by atoms with E-state index in [1.165, 1.54) is 4.90 Å². The number of fused-ring (bicyclic) bond motifs is 1. The van der Waals surface area contributed by atoms with Crippen molar-refractivity contribution in [2.24, 2.45) is 7.05 Å². The smallest absolute Gasteiger partial charge is 0.407 e. The number of hydrogen-bond acceptors (Lipinski definition) is 6. The van der Waals surface area contributed by atoms with Crippen LogP contribution < -0.4 is 4.90 Å². The standard InChI is InChI=1S/C20H19ClN8O2/c1-26-11-14(9-23-26)16-12-29-19(15(21)10-24-29)18(25-16)13-2-3-17(22-8-13)27-4-6-28(7-5-27)20(30)31/h2-3,8-12H,4-7H2,1H3,(H,30,31). The Morgan fingerprint density at radius 2 is 1.84 bits per heavy atom. The second-order valence-corrected chi connectivity index (χ2v) is 7.73. The van der Waals surface area contributed by atoms with Gasteiger partial charge in [-0.25, -0.2) is 19.3 Å². The first-order chi connectivity index (χ1) is 15.0. The predicted octanol–water partition coefficient (Wildman–Crippen LogP) is 2.65. The van der Waals surface area contributed by atoms with Crippen molar-refractivity contribution in [2.45, 2.75) is 0 Å². The SMILES string of the molecule is Cn1cc(-c2cn3ncc(Cl)c3c(-c3ccc(N4CCN(C(=O)O)CC4)nc3)n2)cn1. The topological polar surface area (TPSA) is 105 Å². The minimum atomic E-state index is -0.885. The number of amides is 1. The molecule has 0 saturated carbocycles. The van der Waals surface area contributed by atoms with Crippen LogP contribution in [0.25, 0.3) is 28.0 Å². The third kappa shape index (κ3) is 3.55. The molecule has 5 heterocycles. The Bertz CT molecular complexity index is 1260. The van der Waals surface area contributed by atoms with Gasteiger partial charge in [-0.1, -0.05) is 11.6 Å². The fraction of sp³-hybridized carbons (Fsp3) is 0.250. The van der Waals surface area contributed by atoms with Crippen LogP contribution in [-0.4, -0.2) is 71.6 Å². The molecule has 0 radical (unpaired) electrons. The van der Waals surface area contributed by atoms with Gasteiger partial charge >= 0.3 is 6.09 Å². The van der Waals surface area contributed by atoms with Gasteiger partial charge < -0.3 is 14.9 Å². The Labute approximate surface area is 182 Å². The molecule has 1 N–H and O–H groups in total. The van der Waals surface area contributed by atoms with E-state index in [1.807, 2.05) is 31.6 Å². The molecule has 158 valence electrons. The van der Waals surface area contributed by atoms with E-state index in [0.717, 1.165) is 22.6 Å². The maximum absolute atomic E-state index is 11.1. The first kappa shape index (κ1) is 19.3. The summed E-state index contributed by atoms with van der Waals surface area (Å²) in [5.74, 6) is 0.799. The highest BCUT2D eigenvalue weighted by molar-refractivity contribution is 6.34. The molecule has 0 aliphatic carbocycles. The van der Waals surface area contributed by atoms with Gasteiger partial charge in [-0.3, -0.25) is 4.68 Å². The number of aromatic nitrogens is 6. The number of carbonyl (C=O) groups is 1. The zero-order valence-corrected chi connectivity index (χ0v) is 17.4. The molecule has 0 atom stereocenters. The molecule has 1 saturated heterocycles. The second kappa shape index (κ2) is 7.55. The van der Waals surface area contributed by atoms with E-state index >= 15 is 0 Å². The summed E-state index contributed by atoms with van der Waals surface area (Å²) in [6.07, 6.45) is 7.94. The number of aryl methyl sites for hydroxylation is 1. The van der Waals surface area contributed by atoms with Gasteiger partial charge in [0.15, 0.2) is 0 Å². The summed E-state index contributed by atoms with van der Waals surface area (Å²) in [6, 6.07) is 3.87. The summed E-state index contributed by atoms with van der Waals surface area (Å²) in [5, 5.41) is 18.2. The predicted molar refractivity (Wildman–Crippen MR) is 115 cm³/mol. The quantitative estimate of drug-likeness (QED) is 0.524.